The average Bonchev–Trinajstić information content (AvgIpc) is 2.58. The Morgan fingerprint density at radius 1 is 1.57 bits per heavy atom. The number of carbonyl (C=O) groups is 1. The lowest BCUT2D eigenvalue weighted by Gasteiger charge is -2.14. The van der Waals surface area contributed by atoms with E-state index in [4.69, 9.17) is 5.11 Å². The molecule has 0 bridgehead atoms. The average molecular weight is 194 g/mol. The Labute approximate surface area is 82.5 Å². The van der Waals surface area contributed by atoms with Gasteiger partial charge in [0.15, 0.2) is 0 Å². The van der Waals surface area contributed by atoms with Crippen LogP contribution < -0.4 is 0 Å². The van der Waals surface area contributed by atoms with E-state index >= 15 is 0 Å². The Morgan fingerprint density at radius 2 is 2.43 bits per heavy atom. The van der Waals surface area contributed by atoms with Crippen molar-refractivity contribution in [3.05, 3.63) is 17.5 Å². The second-order valence-corrected chi connectivity index (χ2v) is 3.69. The number of aliphatic carboxylic acids is 1. The van der Waals surface area contributed by atoms with Gasteiger partial charge < -0.3 is 5.11 Å². The molecule has 1 aromatic heterocycles. The van der Waals surface area contributed by atoms with Crippen molar-refractivity contribution in [2.24, 2.45) is 0 Å². The van der Waals surface area contributed by atoms with Gasteiger partial charge in [0.1, 0.15) is 0 Å². The molecule has 0 saturated heterocycles. The molecule has 0 aliphatic carbocycles. The highest BCUT2D eigenvalue weighted by Gasteiger charge is 2.14. The maximum absolute atomic E-state index is 10.4. The fourth-order valence-corrected chi connectivity index (χ4v) is 1.94. The fourth-order valence-electron chi connectivity index (χ4n) is 1.94. The number of aromatic nitrogens is 2. The summed E-state index contributed by atoms with van der Waals surface area (Å²) in [5.41, 5.74) is 2.37. The number of carboxylic acid groups (broad SMARTS) is 1. The van der Waals surface area contributed by atoms with E-state index in [9.17, 15) is 4.79 Å². The predicted octanol–water partition coefficient (Wildman–Crippen LogP) is 1.24. The van der Waals surface area contributed by atoms with E-state index in [1.54, 1.807) is 0 Å². The van der Waals surface area contributed by atoms with Crippen molar-refractivity contribution < 1.29 is 9.90 Å². The summed E-state index contributed by atoms with van der Waals surface area (Å²) in [5, 5.41) is 12.8. The van der Waals surface area contributed by atoms with Crippen LogP contribution in [0.3, 0.4) is 0 Å². The minimum atomic E-state index is -0.735. The summed E-state index contributed by atoms with van der Waals surface area (Å²) in [6.45, 7) is 0.988. The van der Waals surface area contributed by atoms with Crippen molar-refractivity contribution >= 4 is 5.97 Å². The Hall–Kier alpha value is -1.32. The third-order valence-corrected chi connectivity index (χ3v) is 2.68. The lowest BCUT2D eigenvalue weighted by Crippen LogP contribution is -2.12. The van der Waals surface area contributed by atoms with Crippen molar-refractivity contribution in [1.82, 2.24) is 9.78 Å². The molecule has 4 heteroatoms. The standard InChI is InChI=1S/C10H14N2O2/c13-10(14)5-4-8-7-11-12-6-2-1-3-9(8)12/h7H,1-6H2,(H,13,14). The van der Waals surface area contributed by atoms with Gasteiger partial charge in [-0.2, -0.15) is 5.10 Å². The van der Waals surface area contributed by atoms with Gasteiger partial charge in [0, 0.05) is 18.7 Å². The van der Waals surface area contributed by atoms with Crippen LogP contribution in [-0.2, 0) is 24.2 Å². The quantitative estimate of drug-likeness (QED) is 0.787. The number of hydrogen-bond acceptors (Lipinski definition) is 2. The molecule has 0 amide bonds. The van der Waals surface area contributed by atoms with Crippen LogP contribution in [0.15, 0.2) is 6.20 Å². The van der Waals surface area contributed by atoms with E-state index in [0.29, 0.717) is 6.42 Å². The monoisotopic (exact) mass is 194 g/mol. The molecular weight excluding hydrogens is 180 g/mol. The molecule has 0 aromatic carbocycles. The topological polar surface area (TPSA) is 55.1 Å². The van der Waals surface area contributed by atoms with Gasteiger partial charge in [0.2, 0.25) is 0 Å². The van der Waals surface area contributed by atoms with Gasteiger partial charge in [0.25, 0.3) is 0 Å². The van der Waals surface area contributed by atoms with E-state index in [1.165, 1.54) is 18.5 Å². The SMILES string of the molecule is O=C(O)CCc1cnn2c1CCCC2. The first-order valence-electron chi connectivity index (χ1n) is 5.03. The van der Waals surface area contributed by atoms with Gasteiger partial charge in [0.05, 0.1) is 6.20 Å². The maximum atomic E-state index is 10.4. The molecular formula is C10H14N2O2. The molecule has 1 N–H and O–H groups in total. The molecule has 0 unspecified atom stereocenters. The summed E-state index contributed by atoms with van der Waals surface area (Å²) in [7, 11) is 0. The Kier molecular flexibility index (Phi) is 2.52. The zero-order chi connectivity index (χ0) is 9.97. The summed E-state index contributed by atoms with van der Waals surface area (Å²) >= 11 is 0. The minimum Gasteiger partial charge on any atom is -0.481 e. The molecule has 14 heavy (non-hydrogen) atoms. The lowest BCUT2D eigenvalue weighted by molar-refractivity contribution is -0.136. The Balaban J connectivity index is 2.10. The molecule has 0 atom stereocenters. The van der Waals surface area contributed by atoms with Gasteiger partial charge in [-0.05, 0) is 31.2 Å². The van der Waals surface area contributed by atoms with Gasteiger partial charge in [-0.25, -0.2) is 0 Å². The van der Waals surface area contributed by atoms with E-state index in [-0.39, 0.29) is 6.42 Å². The van der Waals surface area contributed by atoms with Crippen molar-refractivity contribution in [2.75, 3.05) is 0 Å². The van der Waals surface area contributed by atoms with E-state index in [2.05, 4.69) is 5.10 Å². The second kappa shape index (κ2) is 3.82. The highest BCUT2D eigenvalue weighted by atomic mass is 16.4. The summed E-state index contributed by atoms with van der Waals surface area (Å²) in [6.07, 6.45) is 6.08. The predicted molar refractivity (Wildman–Crippen MR) is 51.1 cm³/mol. The first-order chi connectivity index (χ1) is 6.77. The second-order valence-electron chi connectivity index (χ2n) is 3.69. The Morgan fingerprint density at radius 3 is 3.21 bits per heavy atom. The van der Waals surface area contributed by atoms with Crippen LogP contribution in [0.5, 0.6) is 0 Å². The molecule has 2 heterocycles. The minimum absolute atomic E-state index is 0.207. The molecule has 0 spiro atoms. The smallest absolute Gasteiger partial charge is 0.303 e. The van der Waals surface area contributed by atoms with Crippen LogP contribution in [0.25, 0.3) is 0 Å². The summed E-state index contributed by atoms with van der Waals surface area (Å²) in [5.74, 6) is -0.735. The molecule has 0 radical (unpaired) electrons. The van der Waals surface area contributed by atoms with Crippen molar-refractivity contribution in [2.45, 2.75) is 38.6 Å². The lowest BCUT2D eigenvalue weighted by atomic mass is 10.0. The molecule has 0 saturated carbocycles. The van der Waals surface area contributed by atoms with Crippen LogP contribution in [0.2, 0.25) is 0 Å². The number of hydrogen-bond donors (Lipinski definition) is 1. The highest BCUT2D eigenvalue weighted by Crippen LogP contribution is 2.18. The molecule has 1 aliphatic rings. The highest BCUT2D eigenvalue weighted by molar-refractivity contribution is 5.67. The molecule has 2 rings (SSSR count). The van der Waals surface area contributed by atoms with Gasteiger partial charge in [-0.3, -0.25) is 9.48 Å². The van der Waals surface area contributed by atoms with Crippen LogP contribution in [0.1, 0.15) is 30.5 Å². The zero-order valence-corrected chi connectivity index (χ0v) is 8.07. The number of carboxylic acids is 1. The van der Waals surface area contributed by atoms with Crippen LogP contribution in [0.4, 0.5) is 0 Å². The fraction of sp³-hybridized carbons (Fsp3) is 0.600. The summed E-state index contributed by atoms with van der Waals surface area (Å²) < 4.78 is 2.01. The number of rotatable bonds is 3. The normalized spacial score (nSPS) is 15.1. The number of fused-ring (bicyclic) bond motifs is 1. The number of nitrogens with zero attached hydrogens (tertiary/aromatic N) is 2. The molecule has 1 aromatic rings. The molecule has 4 nitrogen and oxygen atoms in total. The van der Waals surface area contributed by atoms with Crippen molar-refractivity contribution in [3.63, 3.8) is 0 Å². The van der Waals surface area contributed by atoms with E-state index in [1.807, 2.05) is 10.9 Å². The largest absolute Gasteiger partial charge is 0.481 e. The molecule has 0 fully saturated rings. The third-order valence-electron chi connectivity index (χ3n) is 2.68. The summed E-state index contributed by atoms with van der Waals surface area (Å²) in [6, 6.07) is 0. The van der Waals surface area contributed by atoms with Gasteiger partial charge in [-0.15, -0.1) is 0 Å². The first-order valence-corrected chi connectivity index (χ1v) is 5.03. The summed E-state index contributed by atoms with van der Waals surface area (Å²) in [4.78, 5) is 10.4. The Bertz CT molecular complexity index is 344. The molecule has 1 aliphatic heterocycles. The van der Waals surface area contributed by atoms with Crippen molar-refractivity contribution in [3.8, 4) is 0 Å². The molecule has 76 valence electrons. The van der Waals surface area contributed by atoms with Gasteiger partial charge >= 0.3 is 5.97 Å². The van der Waals surface area contributed by atoms with Crippen LogP contribution >= 0.6 is 0 Å². The third kappa shape index (κ3) is 1.78. The number of aryl methyl sites for hydroxylation is 2. The van der Waals surface area contributed by atoms with Gasteiger partial charge in [-0.1, -0.05) is 0 Å². The van der Waals surface area contributed by atoms with Crippen LogP contribution in [-0.4, -0.2) is 20.9 Å². The maximum Gasteiger partial charge on any atom is 0.303 e. The van der Waals surface area contributed by atoms with Crippen LogP contribution in [0, 0.1) is 0 Å². The van der Waals surface area contributed by atoms with Crippen molar-refractivity contribution in [1.29, 1.82) is 0 Å². The van der Waals surface area contributed by atoms with E-state index in [0.717, 1.165) is 18.5 Å². The van der Waals surface area contributed by atoms with E-state index < -0.39 is 5.97 Å². The zero-order valence-electron chi connectivity index (χ0n) is 8.07. The first kappa shape index (κ1) is 9.24.